The molecule has 0 aromatic heterocycles. The van der Waals surface area contributed by atoms with Crippen molar-refractivity contribution in [3.63, 3.8) is 0 Å². The van der Waals surface area contributed by atoms with Crippen molar-refractivity contribution in [1.82, 2.24) is 4.90 Å². The molecular formula is C15H22ClN3O2. The third-order valence-electron chi connectivity index (χ3n) is 3.65. The highest BCUT2D eigenvalue weighted by Crippen LogP contribution is 2.23. The first-order chi connectivity index (χ1) is 9.95. The smallest absolute Gasteiger partial charge is 0.225 e. The molecule has 0 saturated carbocycles. The number of carbonyl (C=O) groups excluding carboxylic acids is 1. The van der Waals surface area contributed by atoms with Crippen LogP contribution in [0.2, 0.25) is 5.02 Å². The molecule has 1 aliphatic heterocycles. The molecule has 1 aromatic carbocycles. The zero-order valence-corrected chi connectivity index (χ0v) is 13.2. The minimum atomic E-state index is -0.0599. The number of hydrogen-bond donors (Lipinski definition) is 2. The normalized spacial score (nSPS) is 23.0. The summed E-state index contributed by atoms with van der Waals surface area (Å²) in [5.74, 6) is -0.0599. The lowest BCUT2D eigenvalue weighted by molar-refractivity contribution is -0.117. The summed E-state index contributed by atoms with van der Waals surface area (Å²) in [5.41, 5.74) is 6.90. The van der Waals surface area contributed by atoms with Crippen LogP contribution < -0.4 is 11.1 Å². The Morgan fingerprint density at radius 3 is 3.05 bits per heavy atom. The molecule has 0 bridgehead atoms. The van der Waals surface area contributed by atoms with Gasteiger partial charge in [-0.25, -0.2) is 0 Å². The summed E-state index contributed by atoms with van der Waals surface area (Å²) in [6.45, 7) is 6.43. The van der Waals surface area contributed by atoms with E-state index in [0.717, 1.165) is 6.54 Å². The molecule has 1 amide bonds. The number of nitrogens with zero attached hydrogens (tertiary/aromatic N) is 1. The third-order valence-corrected chi connectivity index (χ3v) is 3.89. The van der Waals surface area contributed by atoms with E-state index in [0.29, 0.717) is 42.0 Å². The van der Waals surface area contributed by atoms with E-state index < -0.39 is 0 Å². The van der Waals surface area contributed by atoms with Gasteiger partial charge in [-0.1, -0.05) is 11.6 Å². The van der Waals surface area contributed by atoms with Crippen molar-refractivity contribution in [2.24, 2.45) is 0 Å². The molecule has 0 radical (unpaired) electrons. The van der Waals surface area contributed by atoms with E-state index in [1.807, 2.05) is 6.92 Å². The number of nitrogen functional groups attached to an aromatic ring is 1. The van der Waals surface area contributed by atoms with Crippen LogP contribution in [0.4, 0.5) is 11.4 Å². The third kappa shape index (κ3) is 4.59. The molecule has 2 unspecified atom stereocenters. The number of ether oxygens (including phenoxy) is 1. The van der Waals surface area contributed by atoms with Gasteiger partial charge in [0.15, 0.2) is 0 Å². The number of nitrogens with two attached hydrogens (primary N) is 1. The lowest BCUT2D eigenvalue weighted by Gasteiger charge is -2.36. The maximum atomic E-state index is 12.0. The fraction of sp³-hybridized carbons (Fsp3) is 0.533. The maximum absolute atomic E-state index is 12.0. The van der Waals surface area contributed by atoms with Crippen LogP contribution in [-0.4, -0.2) is 42.6 Å². The van der Waals surface area contributed by atoms with Crippen LogP contribution in [-0.2, 0) is 9.53 Å². The number of halogens is 1. The zero-order valence-electron chi connectivity index (χ0n) is 12.4. The Balaban J connectivity index is 1.86. The van der Waals surface area contributed by atoms with Crippen molar-refractivity contribution >= 4 is 28.9 Å². The lowest BCUT2D eigenvalue weighted by atomic mass is 10.2. The van der Waals surface area contributed by atoms with E-state index in [2.05, 4.69) is 17.1 Å². The maximum Gasteiger partial charge on any atom is 0.225 e. The van der Waals surface area contributed by atoms with Crippen LogP contribution in [0.3, 0.4) is 0 Å². The summed E-state index contributed by atoms with van der Waals surface area (Å²) in [5, 5.41) is 3.36. The van der Waals surface area contributed by atoms with Crippen LogP contribution in [0.25, 0.3) is 0 Å². The Labute approximate surface area is 130 Å². The van der Waals surface area contributed by atoms with Crippen LogP contribution in [0.5, 0.6) is 0 Å². The molecule has 21 heavy (non-hydrogen) atoms. The Morgan fingerprint density at radius 1 is 1.52 bits per heavy atom. The summed E-state index contributed by atoms with van der Waals surface area (Å²) < 4.78 is 5.58. The largest absolute Gasteiger partial charge is 0.397 e. The summed E-state index contributed by atoms with van der Waals surface area (Å²) in [6, 6.07) is 5.38. The number of hydrogen-bond acceptors (Lipinski definition) is 4. The van der Waals surface area contributed by atoms with E-state index in [1.54, 1.807) is 18.2 Å². The van der Waals surface area contributed by atoms with Gasteiger partial charge in [-0.2, -0.15) is 0 Å². The molecule has 0 aliphatic carbocycles. The second-order valence-corrected chi connectivity index (χ2v) is 5.95. The number of benzene rings is 1. The molecule has 0 spiro atoms. The number of amides is 1. The second-order valence-electron chi connectivity index (χ2n) is 5.52. The predicted octanol–water partition coefficient (Wildman–Crippen LogP) is 2.36. The Bertz CT molecular complexity index is 510. The van der Waals surface area contributed by atoms with Gasteiger partial charge in [0.2, 0.25) is 5.91 Å². The topological polar surface area (TPSA) is 67.6 Å². The van der Waals surface area contributed by atoms with Crippen molar-refractivity contribution in [3.8, 4) is 0 Å². The Kier molecular flexibility index (Phi) is 5.45. The highest BCUT2D eigenvalue weighted by molar-refractivity contribution is 6.31. The molecule has 1 aliphatic rings. The van der Waals surface area contributed by atoms with Crippen LogP contribution >= 0.6 is 11.6 Å². The fourth-order valence-electron chi connectivity index (χ4n) is 2.38. The molecule has 3 N–H and O–H groups in total. The standard InChI is InChI=1S/C15H22ClN3O2/c1-10-9-21-11(2)8-19(10)6-5-15(20)18-14-7-12(16)3-4-13(14)17/h3-4,7,10-11H,5-6,8-9,17H2,1-2H3,(H,18,20). The highest BCUT2D eigenvalue weighted by atomic mass is 35.5. The Morgan fingerprint density at radius 2 is 2.29 bits per heavy atom. The molecule has 2 atom stereocenters. The average molecular weight is 312 g/mol. The van der Waals surface area contributed by atoms with Gasteiger partial charge in [-0.15, -0.1) is 0 Å². The van der Waals surface area contributed by atoms with E-state index in [1.165, 1.54) is 0 Å². The van der Waals surface area contributed by atoms with Gasteiger partial charge in [-0.3, -0.25) is 9.69 Å². The van der Waals surface area contributed by atoms with Gasteiger partial charge in [0.05, 0.1) is 24.1 Å². The summed E-state index contributed by atoms with van der Waals surface area (Å²) >= 11 is 5.91. The lowest BCUT2D eigenvalue weighted by Crippen LogP contribution is -2.48. The molecule has 5 nitrogen and oxygen atoms in total. The van der Waals surface area contributed by atoms with Gasteiger partial charge >= 0.3 is 0 Å². The number of morpholine rings is 1. The summed E-state index contributed by atoms with van der Waals surface area (Å²) in [6.07, 6.45) is 0.635. The minimum absolute atomic E-state index is 0.0599. The number of carbonyl (C=O) groups is 1. The predicted molar refractivity (Wildman–Crippen MR) is 85.6 cm³/mol. The number of anilines is 2. The van der Waals surface area contributed by atoms with Gasteiger partial charge in [-0.05, 0) is 32.0 Å². The van der Waals surface area contributed by atoms with Gasteiger partial charge in [0.25, 0.3) is 0 Å². The molecule has 1 fully saturated rings. The quantitative estimate of drug-likeness (QED) is 0.838. The van der Waals surface area contributed by atoms with Crippen LogP contribution in [0.15, 0.2) is 18.2 Å². The molecule has 116 valence electrons. The van der Waals surface area contributed by atoms with E-state index >= 15 is 0 Å². The van der Waals surface area contributed by atoms with Gasteiger partial charge in [0.1, 0.15) is 0 Å². The molecular weight excluding hydrogens is 290 g/mol. The van der Waals surface area contributed by atoms with E-state index in [-0.39, 0.29) is 12.0 Å². The molecule has 1 aromatic rings. The highest BCUT2D eigenvalue weighted by Gasteiger charge is 2.23. The van der Waals surface area contributed by atoms with Gasteiger partial charge < -0.3 is 15.8 Å². The summed E-state index contributed by atoms with van der Waals surface area (Å²) in [4.78, 5) is 14.3. The van der Waals surface area contributed by atoms with Crippen LogP contribution in [0, 0.1) is 0 Å². The van der Waals surface area contributed by atoms with E-state index in [4.69, 9.17) is 22.1 Å². The fourth-order valence-corrected chi connectivity index (χ4v) is 2.55. The monoisotopic (exact) mass is 311 g/mol. The second kappa shape index (κ2) is 7.11. The minimum Gasteiger partial charge on any atom is -0.397 e. The zero-order chi connectivity index (χ0) is 15.4. The van der Waals surface area contributed by atoms with Crippen molar-refractivity contribution in [2.75, 3.05) is 30.7 Å². The Hall–Kier alpha value is -1.30. The number of rotatable bonds is 4. The van der Waals surface area contributed by atoms with Crippen molar-refractivity contribution in [3.05, 3.63) is 23.2 Å². The first kappa shape index (κ1) is 16.1. The molecule has 6 heteroatoms. The van der Waals surface area contributed by atoms with Gasteiger partial charge in [0, 0.05) is 30.6 Å². The SMILES string of the molecule is CC1CN(CCC(=O)Nc2cc(Cl)ccc2N)C(C)CO1. The van der Waals surface area contributed by atoms with Crippen LogP contribution in [0.1, 0.15) is 20.3 Å². The van der Waals surface area contributed by atoms with E-state index in [9.17, 15) is 4.79 Å². The molecule has 1 heterocycles. The van der Waals surface area contributed by atoms with Crippen molar-refractivity contribution in [1.29, 1.82) is 0 Å². The molecule has 1 saturated heterocycles. The first-order valence-electron chi connectivity index (χ1n) is 7.16. The summed E-state index contributed by atoms with van der Waals surface area (Å²) in [7, 11) is 0. The molecule has 2 rings (SSSR count). The average Bonchev–Trinajstić information content (AvgIpc) is 2.44. The number of nitrogens with one attached hydrogen (secondary N) is 1. The first-order valence-corrected chi connectivity index (χ1v) is 7.54. The van der Waals surface area contributed by atoms with Crippen molar-refractivity contribution in [2.45, 2.75) is 32.4 Å². The van der Waals surface area contributed by atoms with Crippen molar-refractivity contribution < 1.29 is 9.53 Å².